The van der Waals surface area contributed by atoms with Gasteiger partial charge in [-0.25, -0.2) is 0 Å². The Morgan fingerprint density at radius 3 is 2.75 bits per heavy atom. The van der Waals surface area contributed by atoms with Gasteiger partial charge in [0.25, 0.3) is 0 Å². The largest absolute Gasteiger partial charge is 0.507 e. The van der Waals surface area contributed by atoms with Crippen LogP contribution >= 0.6 is 0 Å². The highest BCUT2D eigenvalue weighted by Crippen LogP contribution is 2.27. The summed E-state index contributed by atoms with van der Waals surface area (Å²) in [6.45, 7) is 2.66. The summed E-state index contributed by atoms with van der Waals surface area (Å²) in [7, 11) is 2.07. The highest BCUT2D eigenvalue weighted by molar-refractivity contribution is 5.82. The van der Waals surface area contributed by atoms with Crippen LogP contribution in [0.25, 0.3) is 0 Å². The number of nitrogens with zero attached hydrogens (tertiary/aromatic N) is 1. The molecule has 20 heavy (non-hydrogen) atoms. The number of aryl methyl sites for hydroxylation is 1. The lowest BCUT2D eigenvalue weighted by Crippen LogP contribution is -2.47. The van der Waals surface area contributed by atoms with Crippen molar-refractivity contribution in [3.8, 4) is 5.75 Å². The summed E-state index contributed by atoms with van der Waals surface area (Å²) in [5, 5.41) is 17.6. The molecule has 2 unspecified atom stereocenters. The Bertz CT molecular complexity index is 487. The van der Waals surface area contributed by atoms with Crippen LogP contribution in [0, 0.1) is 12.3 Å². The van der Waals surface area contributed by atoms with Crippen LogP contribution in [0.15, 0.2) is 12.1 Å². The molecular weight excluding hydrogens is 250 g/mol. The molecule has 1 fully saturated rings. The predicted molar refractivity (Wildman–Crippen MR) is 82.4 cm³/mol. The number of likely N-dealkylation sites (N-methyl/N-ethyl adjacent to an activating group) is 1. The van der Waals surface area contributed by atoms with E-state index in [1.807, 2.05) is 19.1 Å². The van der Waals surface area contributed by atoms with Crippen molar-refractivity contribution in [3.05, 3.63) is 28.8 Å². The highest BCUT2D eigenvalue weighted by atomic mass is 16.3. The SMILES string of the molecule is Cc1cc(C=N)c(O)c(CN(C)C2CCCCC2N)c1. The normalized spacial score (nSPS) is 23.0. The standard InChI is InChI=1S/C16H25N3O/c1-11-7-12(9-17)16(20)13(8-11)10-19(2)15-6-4-3-5-14(15)18/h7-9,14-15,17,20H,3-6,10,18H2,1-2H3. The number of rotatable bonds is 4. The summed E-state index contributed by atoms with van der Waals surface area (Å²) in [4.78, 5) is 2.24. The Labute approximate surface area is 121 Å². The van der Waals surface area contributed by atoms with Crippen molar-refractivity contribution in [2.75, 3.05) is 7.05 Å². The molecular formula is C16H25N3O. The summed E-state index contributed by atoms with van der Waals surface area (Å²) in [6, 6.07) is 4.43. The van der Waals surface area contributed by atoms with Gasteiger partial charge in [0.05, 0.1) is 0 Å². The lowest BCUT2D eigenvalue weighted by Gasteiger charge is -2.36. The molecule has 110 valence electrons. The van der Waals surface area contributed by atoms with Crippen molar-refractivity contribution in [1.82, 2.24) is 4.90 Å². The fourth-order valence-corrected chi connectivity index (χ4v) is 3.19. The van der Waals surface area contributed by atoms with E-state index in [4.69, 9.17) is 11.1 Å². The highest BCUT2D eigenvalue weighted by Gasteiger charge is 2.26. The van der Waals surface area contributed by atoms with Gasteiger partial charge in [0.1, 0.15) is 5.75 Å². The first-order valence-corrected chi connectivity index (χ1v) is 7.31. The lowest BCUT2D eigenvalue weighted by molar-refractivity contribution is 0.161. The monoisotopic (exact) mass is 275 g/mol. The zero-order chi connectivity index (χ0) is 14.7. The Kier molecular flexibility index (Phi) is 4.78. The van der Waals surface area contributed by atoms with Crippen LogP contribution < -0.4 is 5.73 Å². The fraction of sp³-hybridized carbons (Fsp3) is 0.562. The predicted octanol–water partition coefficient (Wildman–Crippen LogP) is 2.40. The Balaban J connectivity index is 2.16. The Morgan fingerprint density at radius 2 is 2.10 bits per heavy atom. The van der Waals surface area contributed by atoms with Crippen LogP contribution in [0.1, 0.15) is 42.4 Å². The average molecular weight is 275 g/mol. The van der Waals surface area contributed by atoms with Gasteiger partial charge in [-0.1, -0.05) is 18.9 Å². The average Bonchev–Trinajstić information content (AvgIpc) is 2.42. The van der Waals surface area contributed by atoms with E-state index in [1.54, 1.807) is 0 Å². The van der Waals surface area contributed by atoms with E-state index in [1.165, 1.54) is 19.1 Å². The van der Waals surface area contributed by atoms with Gasteiger partial charge in [0, 0.05) is 36.0 Å². The van der Waals surface area contributed by atoms with E-state index in [9.17, 15) is 5.11 Å². The van der Waals surface area contributed by atoms with E-state index >= 15 is 0 Å². The summed E-state index contributed by atoms with van der Waals surface area (Å²) >= 11 is 0. The third kappa shape index (κ3) is 3.19. The molecule has 0 aliphatic heterocycles. The molecule has 0 heterocycles. The maximum Gasteiger partial charge on any atom is 0.128 e. The van der Waals surface area contributed by atoms with Crippen molar-refractivity contribution >= 4 is 6.21 Å². The topological polar surface area (TPSA) is 73.3 Å². The molecule has 0 saturated heterocycles. The van der Waals surface area contributed by atoms with Gasteiger partial charge in [-0.15, -0.1) is 0 Å². The van der Waals surface area contributed by atoms with Gasteiger partial charge in [-0.3, -0.25) is 4.90 Å². The summed E-state index contributed by atoms with van der Waals surface area (Å²) in [6.07, 6.45) is 5.87. The molecule has 0 amide bonds. The third-order valence-corrected chi connectivity index (χ3v) is 4.29. The van der Waals surface area contributed by atoms with E-state index in [0.717, 1.165) is 24.0 Å². The number of aromatic hydroxyl groups is 1. The molecule has 4 nitrogen and oxygen atoms in total. The third-order valence-electron chi connectivity index (χ3n) is 4.29. The summed E-state index contributed by atoms with van der Waals surface area (Å²) < 4.78 is 0. The molecule has 4 heteroatoms. The number of hydrogen-bond donors (Lipinski definition) is 3. The van der Waals surface area contributed by atoms with E-state index < -0.39 is 0 Å². The van der Waals surface area contributed by atoms with Crippen molar-refractivity contribution in [2.45, 2.75) is 51.2 Å². The molecule has 0 spiro atoms. The second-order valence-corrected chi connectivity index (χ2v) is 5.94. The molecule has 1 aliphatic rings. The van der Waals surface area contributed by atoms with Crippen molar-refractivity contribution in [3.63, 3.8) is 0 Å². The molecule has 4 N–H and O–H groups in total. The number of phenols is 1. The minimum atomic E-state index is 0.224. The van der Waals surface area contributed by atoms with Crippen LogP contribution in [0.2, 0.25) is 0 Å². The molecule has 2 rings (SSSR count). The Hall–Kier alpha value is -1.39. The zero-order valence-electron chi connectivity index (χ0n) is 12.4. The fourth-order valence-electron chi connectivity index (χ4n) is 3.19. The maximum absolute atomic E-state index is 10.2. The first kappa shape index (κ1) is 15.0. The van der Waals surface area contributed by atoms with Gasteiger partial charge in [0.15, 0.2) is 0 Å². The van der Waals surface area contributed by atoms with E-state index in [2.05, 4.69) is 11.9 Å². The Morgan fingerprint density at radius 1 is 1.40 bits per heavy atom. The molecule has 1 aliphatic carbocycles. The van der Waals surface area contributed by atoms with Gasteiger partial charge < -0.3 is 16.2 Å². The number of benzene rings is 1. The molecule has 0 aromatic heterocycles. The van der Waals surface area contributed by atoms with Crippen molar-refractivity contribution in [2.24, 2.45) is 5.73 Å². The van der Waals surface area contributed by atoms with E-state index in [-0.39, 0.29) is 11.8 Å². The van der Waals surface area contributed by atoms with Gasteiger partial charge in [-0.05, 0) is 38.4 Å². The zero-order valence-corrected chi connectivity index (χ0v) is 12.4. The van der Waals surface area contributed by atoms with Crippen LogP contribution in [-0.4, -0.2) is 35.4 Å². The van der Waals surface area contributed by atoms with Crippen molar-refractivity contribution < 1.29 is 5.11 Å². The molecule has 0 radical (unpaired) electrons. The lowest BCUT2D eigenvalue weighted by atomic mass is 9.89. The van der Waals surface area contributed by atoms with Crippen molar-refractivity contribution in [1.29, 1.82) is 5.41 Å². The smallest absolute Gasteiger partial charge is 0.128 e. The first-order chi connectivity index (χ1) is 9.52. The number of nitrogens with one attached hydrogen (secondary N) is 1. The first-order valence-electron chi connectivity index (χ1n) is 7.31. The molecule has 1 aromatic carbocycles. The van der Waals surface area contributed by atoms with Gasteiger partial charge in [-0.2, -0.15) is 0 Å². The minimum Gasteiger partial charge on any atom is -0.507 e. The van der Waals surface area contributed by atoms with Gasteiger partial charge in [0.2, 0.25) is 0 Å². The van der Waals surface area contributed by atoms with Crippen LogP contribution in [0.3, 0.4) is 0 Å². The minimum absolute atomic E-state index is 0.224. The van der Waals surface area contributed by atoms with Crippen LogP contribution in [0.4, 0.5) is 0 Å². The molecule has 1 saturated carbocycles. The molecule has 2 atom stereocenters. The van der Waals surface area contributed by atoms with E-state index in [0.29, 0.717) is 18.2 Å². The van der Waals surface area contributed by atoms with Gasteiger partial charge >= 0.3 is 0 Å². The molecule has 1 aromatic rings. The second kappa shape index (κ2) is 6.37. The number of nitrogens with two attached hydrogens (primary N) is 1. The second-order valence-electron chi connectivity index (χ2n) is 5.94. The number of phenolic OH excluding ortho intramolecular Hbond substituents is 1. The number of hydrogen-bond acceptors (Lipinski definition) is 4. The van der Waals surface area contributed by atoms with Crippen LogP contribution in [0.5, 0.6) is 5.75 Å². The maximum atomic E-state index is 10.2. The summed E-state index contributed by atoms with van der Waals surface area (Å²) in [5.41, 5.74) is 8.75. The quantitative estimate of drug-likeness (QED) is 0.739. The summed E-state index contributed by atoms with van der Waals surface area (Å²) in [5.74, 6) is 0.224. The van der Waals surface area contributed by atoms with Crippen LogP contribution in [-0.2, 0) is 6.54 Å². The molecule has 0 bridgehead atoms.